The van der Waals surface area contributed by atoms with Crippen LogP contribution < -0.4 is 19.9 Å². The van der Waals surface area contributed by atoms with E-state index in [0.29, 0.717) is 54.0 Å². The van der Waals surface area contributed by atoms with Crippen molar-refractivity contribution in [3.8, 4) is 22.1 Å². The molecule has 3 heterocycles. The molecule has 0 unspecified atom stereocenters. The number of anilines is 1. The van der Waals surface area contributed by atoms with Crippen LogP contribution in [0.25, 0.3) is 15.5 Å². The van der Waals surface area contributed by atoms with Gasteiger partial charge in [-0.2, -0.15) is 9.61 Å². The summed E-state index contributed by atoms with van der Waals surface area (Å²) >= 11 is 1.39. The minimum absolute atomic E-state index is 0.0701. The van der Waals surface area contributed by atoms with Crippen LogP contribution in [0.3, 0.4) is 0 Å². The first-order valence-electron chi connectivity index (χ1n) is 11.2. The van der Waals surface area contributed by atoms with Crippen LogP contribution in [0.2, 0.25) is 0 Å². The average Bonchev–Trinajstić information content (AvgIpc) is 3.33. The number of hydrogen-bond donors (Lipinski definition) is 0. The van der Waals surface area contributed by atoms with Gasteiger partial charge in [-0.3, -0.25) is 9.59 Å². The lowest BCUT2D eigenvalue weighted by molar-refractivity contribution is 0.0746. The Balaban J connectivity index is 1.32. The van der Waals surface area contributed by atoms with Crippen LogP contribution in [0, 0.1) is 6.92 Å². The van der Waals surface area contributed by atoms with E-state index in [1.54, 1.807) is 37.3 Å². The van der Waals surface area contributed by atoms with Crippen LogP contribution in [-0.4, -0.2) is 65.8 Å². The molecule has 2 aromatic carbocycles. The lowest BCUT2D eigenvalue weighted by atomic mass is 10.1. The third-order valence-electron chi connectivity index (χ3n) is 6.05. The highest BCUT2D eigenvalue weighted by atomic mass is 32.1. The molecule has 1 amide bonds. The lowest BCUT2D eigenvalue weighted by Crippen LogP contribution is -2.49. The van der Waals surface area contributed by atoms with Crippen molar-refractivity contribution in [1.29, 1.82) is 0 Å². The van der Waals surface area contributed by atoms with Crippen LogP contribution in [0.1, 0.15) is 15.9 Å². The van der Waals surface area contributed by atoms with Crippen molar-refractivity contribution in [3.05, 3.63) is 70.0 Å². The topological polar surface area (TPSA) is 89.3 Å². The molecule has 35 heavy (non-hydrogen) atoms. The van der Waals surface area contributed by atoms with Gasteiger partial charge in [0.05, 0.1) is 14.2 Å². The smallest absolute Gasteiger partial charge is 0.277 e. The van der Waals surface area contributed by atoms with Gasteiger partial charge in [0, 0.05) is 43.4 Å². The van der Waals surface area contributed by atoms with E-state index in [1.165, 1.54) is 21.9 Å². The van der Waals surface area contributed by atoms with Gasteiger partial charge in [0.15, 0.2) is 11.5 Å². The first kappa shape index (κ1) is 22.9. The maximum atomic E-state index is 13.0. The molecule has 0 saturated carbocycles. The highest BCUT2D eigenvalue weighted by Gasteiger charge is 2.24. The molecule has 9 nitrogen and oxygen atoms in total. The van der Waals surface area contributed by atoms with Crippen molar-refractivity contribution >= 4 is 28.0 Å². The van der Waals surface area contributed by atoms with Gasteiger partial charge in [0.1, 0.15) is 10.8 Å². The number of aromatic nitrogens is 3. The number of rotatable bonds is 5. The number of carbonyl (C=O) groups is 1. The van der Waals surface area contributed by atoms with Crippen LogP contribution in [0.5, 0.6) is 11.5 Å². The monoisotopic (exact) mass is 491 g/mol. The quantitative estimate of drug-likeness (QED) is 0.424. The number of nitrogens with zero attached hydrogens (tertiary/aromatic N) is 5. The molecule has 4 aromatic rings. The van der Waals surface area contributed by atoms with Gasteiger partial charge in [0.25, 0.3) is 11.5 Å². The molecule has 1 aliphatic rings. The van der Waals surface area contributed by atoms with E-state index < -0.39 is 0 Å². The Morgan fingerprint density at radius 3 is 2.34 bits per heavy atom. The number of ether oxygens (including phenoxy) is 2. The number of benzene rings is 2. The van der Waals surface area contributed by atoms with Crippen LogP contribution >= 0.6 is 11.3 Å². The van der Waals surface area contributed by atoms with Crippen LogP contribution in [0.15, 0.2) is 53.3 Å². The van der Waals surface area contributed by atoms with Crippen molar-refractivity contribution in [2.75, 3.05) is 45.3 Å². The Morgan fingerprint density at radius 1 is 0.943 bits per heavy atom. The van der Waals surface area contributed by atoms with Crippen LogP contribution in [-0.2, 0) is 0 Å². The zero-order chi connectivity index (χ0) is 24.5. The van der Waals surface area contributed by atoms with E-state index in [4.69, 9.17) is 14.5 Å². The molecular formula is C25H25N5O4S. The number of amides is 1. The molecule has 1 saturated heterocycles. The zero-order valence-electron chi connectivity index (χ0n) is 19.7. The van der Waals surface area contributed by atoms with Gasteiger partial charge < -0.3 is 19.3 Å². The maximum absolute atomic E-state index is 13.0. The van der Waals surface area contributed by atoms with Crippen molar-refractivity contribution < 1.29 is 14.3 Å². The van der Waals surface area contributed by atoms with E-state index in [-0.39, 0.29) is 11.5 Å². The summed E-state index contributed by atoms with van der Waals surface area (Å²) in [5.41, 5.74) is 2.44. The number of hydrogen-bond acceptors (Lipinski definition) is 8. The van der Waals surface area contributed by atoms with E-state index in [2.05, 4.69) is 5.10 Å². The summed E-state index contributed by atoms with van der Waals surface area (Å²) in [6.07, 6.45) is 0. The lowest BCUT2D eigenvalue weighted by Gasteiger charge is -2.35. The third-order valence-corrected chi connectivity index (χ3v) is 7.01. The molecule has 180 valence electrons. The molecule has 10 heteroatoms. The number of carbonyl (C=O) groups excluding carboxylic acids is 1. The minimum atomic E-state index is -0.219. The molecule has 2 aromatic heterocycles. The van der Waals surface area contributed by atoms with Gasteiger partial charge in [0.2, 0.25) is 4.96 Å². The average molecular weight is 492 g/mol. The van der Waals surface area contributed by atoms with E-state index >= 15 is 0 Å². The summed E-state index contributed by atoms with van der Waals surface area (Å²) in [4.78, 5) is 34.9. The van der Waals surface area contributed by atoms with Gasteiger partial charge in [-0.25, -0.2) is 4.98 Å². The predicted octanol–water partition coefficient (Wildman–Crippen LogP) is 3.11. The zero-order valence-corrected chi connectivity index (χ0v) is 20.5. The summed E-state index contributed by atoms with van der Waals surface area (Å²) in [5.74, 6) is 1.63. The fourth-order valence-corrected chi connectivity index (χ4v) is 4.97. The highest BCUT2D eigenvalue weighted by Crippen LogP contribution is 2.29. The van der Waals surface area contributed by atoms with Crippen molar-refractivity contribution in [2.24, 2.45) is 0 Å². The second-order valence-electron chi connectivity index (χ2n) is 8.27. The standard InChI is InChI=1S/C25H25N5O4S/c1-16-4-6-17(7-5-16)23-27-30-22(31)15-21(26-25(30)35-23)28-10-12-29(13-11-28)24(32)18-8-9-19(33-2)20(14-18)34-3/h4-9,14-15H,10-13H2,1-3H3. The summed E-state index contributed by atoms with van der Waals surface area (Å²) in [6, 6.07) is 14.7. The number of methoxy groups -OCH3 is 2. The molecule has 0 atom stereocenters. The first-order valence-corrected chi connectivity index (χ1v) is 12.0. The minimum Gasteiger partial charge on any atom is -0.493 e. The van der Waals surface area contributed by atoms with Crippen molar-refractivity contribution in [2.45, 2.75) is 6.92 Å². The molecule has 0 aliphatic carbocycles. The summed E-state index contributed by atoms with van der Waals surface area (Å²) in [7, 11) is 3.11. The van der Waals surface area contributed by atoms with Crippen molar-refractivity contribution in [1.82, 2.24) is 19.5 Å². The molecule has 0 bridgehead atoms. The summed E-state index contributed by atoms with van der Waals surface area (Å²) in [6.45, 7) is 4.22. The largest absolute Gasteiger partial charge is 0.493 e. The fraction of sp³-hybridized carbons (Fsp3) is 0.280. The molecule has 1 fully saturated rings. The van der Waals surface area contributed by atoms with Gasteiger partial charge in [-0.05, 0) is 25.1 Å². The normalized spacial score (nSPS) is 13.8. The van der Waals surface area contributed by atoms with Gasteiger partial charge >= 0.3 is 0 Å². The number of piperazine rings is 1. The molecule has 0 radical (unpaired) electrons. The summed E-state index contributed by atoms with van der Waals surface area (Å²) in [5, 5.41) is 5.21. The Morgan fingerprint density at radius 2 is 1.66 bits per heavy atom. The van der Waals surface area contributed by atoms with Crippen molar-refractivity contribution in [3.63, 3.8) is 0 Å². The SMILES string of the molecule is COc1ccc(C(=O)N2CCN(c3cc(=O)n4nc(-c5ccc(C)cc5)sc4n3)CC2)cc1OC. The fourth-order valence-electron chi connectivity index (χ4n) is 4.06. The second kappa shape index (κ2) is 9.38. The Kier molecular flexibility index (Phi) is 6.12. The van der Waals surface area contributed by atoms with E-state index in [0.717, 1.165) is 16.1 Å². The Bertz CT molecular complexity index is 1440. The van der Waals surface area contributed by atoms with Crippen LogP contribution in [0.4, 0.5) is 5.82 Å². The Labute approximate surface area is 206 Å². The molecule has 0 N–H and O–H groups in total. The second-order valence-corrected chi connectivity index (χ2v) is 9.23. The number of aryl methyl sites for hydroxylation is 1. The maximum Gasteiger partial charge on any atom is 0.277 e. The summed E-state index contributed by atoms with van der Waals surface area (Å²) < 4.78 is 11.9. The van der Waals surface area contributed by atoms with Gasteiger partial charge in [-0.1, -0.05) is 41.2 Å². The Hall–Kier alpha value is -3.92. The molecule has 5 rings (SSSR count). The predicted molar refractivity (Wildman–Crippen MR) is 135 cm³/mol. The number of fused-ring (bicyclic) bond motifs is 1. The molecule has 0 spiro atoms. The molecular weight excluding hydrogens is 466 g/mol. The van der Waals surface area contributed by atoms with E-state index in [9.17, 15) is 9.59 Å². The highest BCUT2D eigenvalue weighted by molar-refractivity contribution is 7.19. The van der Waals surface area contributed by atoms with Gasteiger partial charge in [-0.15, -0.1) is 0 Å². The van der Waals surface area contributed by atoms with E-state index in [1.807, 2.05) is 36.1 Å². The molecule has 1 aliphatic heterocycles. The first-order chi connectivity index (χ1) is 17.0. The third kappa shape index (κ3) is 4.44.